The minimum Gasteiger partial charge on any atom is -0.501 e. The third-order valence-corrected chi connectivity index (χ3v) is 7.65. The van der Waals surface area contributed by atoms with Crippen molar-refractivity contribution in [2.75, 3.05) is 13.2 Å². The Balaban J connectivity index is 2.21. The Bertz CT molecular complexity index is 1330. The number of carbonyl (C=O) groups excluding carboxylic acids is 1. The van der Waals surface area contributed by atoms with E-state index in [1.807, 2.05) is 0 Å². The third-order valence-electron chi connectivity index (χ3n) is 6.35. The zero-order valence-electron chi connectivity index (χ0n) is 23.1. The van der Waals surface area contributed by atoms with Gasteiger partial charge in [-0.15, -0.1) is 11.3 Å². The van der Waals surface area contributed by atoms with Gasteiger partial charge in [0.1, 0.15) is 4.83 Å². The number of hydrazine groups is 1. The van der Waals surface area contributed by atoms with Gasteiger partial charge in [0.2, 0.25) is 0 Å². The third kappa shape index (κ3) is 5.96. The highest BCUT2D eigenvalue weighted by Crippen LogP contribution is 2.31. The number of amides is 2. The molecule has 210 valence electrons. The lowest BCUT2D eigenvalue weighted by Gasteiger charge is -2.40. The van der Waals surface area contributed by atoms with Crippen LogP contribution < -0.4 is 11.2 Å². The van der Waals surface area contributed by atoms with Gasteiger partial charge in [0.15, 0.2) is 0 Å². The van der Waals surface area contributed by atoms with E-state index in [1.165, 1.54) is 28.2 Å². The lowest BCUT2D eigenvalue weighted by Crippen LogP contribution is -2.57. The molecule has 12 heteroatoms. The smallest absolute Gasteiger partial charge is 0.426 e. The van der Waals surface area contributed by atoms with E-state index < -0.39 is 28.8 Å². The summed E-state index contributed by atoms with van der Waals surface area (Å²) >= 11 is 1.22. The number of ether oxygens (including phenoxy) is 2. The fraction of sp³-hybridized carbons (Fsp3) is 0.615. The minimum atomic E-state index is -1.30. The molecule has 1 saturated heterocycles. The predicted octanol–water partition coefficient (Wildman–Crippen LogP) is 3.87. The molecule has 0 bridgehead atoms. The quantitative estimate of drug-likeness (QED) is 0.301. The largest absolute Gasteiger partial charge is 0.501 e. The number of fused-ring (bicyclic) bond motifs is 1. The molecule has 1 aliphatic heterocycles. The standard InChI is InChI=1S/C26H38N4O7S/c1-8-36-13-11-20(31)28(30(25(34)35)26(5,6)7)15-19-17(4)21-22(32)29(16(2)3)24(33)27(23(21)38-19)14-18-10-9-12-37-18/h11,13,16,18H,8-10,12,14-15H2,1-7H3,(H,34,35). The van der Waals surface area contributed by atoms with Crippen LogP contribution in [0.15, 0.2) is 21.9 Å². The number of rotatable bonds is 8. The topological polar surface area (TPSA) is 123 Å². The van der Waals surface area contributed by atoms with E-state index in [0.29, 0.717) is 40.4 Å². The van der Waals surface area contributed by atoms with E-state index in [4.69, 9.17) is 9.47 Å². The molecule has 1 unspecified atom stereocenters. The molecule has 11 nitrogen and oxygen atoms in total. The van der Waals surface area contributed by atoms with Gasteiger partial charge in [-0.3, -0.25) is 18.7 Å². The van der Waals surface area contributed by atoms with Crippen LogP contribution >= 0.6 is 11.3 Å². The molecular formula is C26H38N4O7S. The van der Waals surface area contributed by atoms with Gasteiger partial charge >= 0.3 is 11.8 Å². The van der Waals surface area contributed by atoms with Crippen LogP contribution in [0, 0.1) is 6.92 Å². The van der Waals surface area contributed by atoms with E-state index >= 15 is 0 Å². The highest BCUT2D eigenvalue weighted by atomic mass is 32.1. The van der Waals surface area contributed by atoms with Crippen molar-refractivity contribution in [3.63, 3.8) is 0 Å². The lowest BCUT2D eigenvalue weighted by atomic mass is 10.1. The molecule has 1 atom stereocenters. The van der Waals surface area contributed by atoms with Crippen molar-refractivity contribution in [2.45, 2.75) is 92.1 Å². The van der Waals surface area contributed by atoms with E-state index in [9.17, 15) is 24.3 Å². The van der Waals surface area contributed by atoms with Gasteiger partial charge in [-0.1, -0.05) is 0 Å². The fourth-order valence-corrected chi connectivity index (χ4v) is 5.87. The second-order valence-corrected chi connectivity index (χ2v) is 11.6. The van der Waals surface area contributed by atoms with Gasteiger partial charge in [-0.25, -0.2) is 19.6 Å². The number of carbonyl (C=O) groups is 2. The first-order valence-electron chi connectivity index (χ1n) is 12.8. The zero-order chi connectivity index (χ0) is 28.4. The van der Waals surface area contributed by atoms with Crippen LogP contribution in [-0.2, 0) is 27.4 Å². The van der Waals surface area contributed by atoms with Crippen molar-refractivity contribution in [3.05, 3.63) is 43.6 Å². The number of thiophene rings is 1. The predicted molar refractivity (Wildman–Crippen MR) is 145 cm³/mol. The van der Waals surface area contributed by atoms with Gasteiger partial charge in [0.05, 0.1) is 43.0 Å². The van der Waals surface area contributed by atoms with Crippen LogP contribution in [0.25, 0.3) is 10.2 Å². The van der Waals surface area contributed by atoms with Crippen molar-refractivity contribution >= 4 is 33.6 Å². The molecule has 3 heterocycles. The molecule has 0 aromatic carbocycles. The highest BCUT2D eigenvalue weighted by molar-refractivity contribution is 7.18. The summed E-state index contributed by atoms with van der Waals surface area (Å²) in [6.45, 7) is 13.3. The van der Waals surface area contributed by atoms with Gasteiger partial charge in [-0.2, -0.15) is 0 Å². The average molecular weight is 551 g/mol. The SMILES string of the molecule is CCOC=CC(=O)N(Cc1sc2c(c1C)c(=O)n(C(C)C)c(=O)n2CC1CCCO1)N(C(=O)O)C(C)(C)C. The summed E-state index contributed by atoms with van der Waals surface area (Å²) in [6.07, 6.45) is 2.70. The van der Waals surface area contributed by atoms with Crippen molar-refractivity contribution in [1.82, 2.24) is 19.2 Å². The Labute approximate surface area is 225 Å². The lowest BCUT2D eigenvalue weighted by molar-refractivity contribution is -0.149. The number of hydrogen-bond donors (Lipinski definition) is 1. The van der Waals surface area contributed by atoms with E-state index in [1.54, 1.807) is 53.0 Å². The van der Waals surface area contributed by atoms with Crippen LogP contribution in [0.3, 0.4) is 0 Å². The molecule has 0 spiro atoms. The molecule has 2 aromatic rings. The molecule has 38 heavy (non-hydrogen) atoms. The number of aromatic nitrogens is 2. The van der Waals surface area contributed by atoms with Crippen molar-refractivity contribution in [2.24, 2.45) is 0 Å². The molecule has 0 aliphatic carbocycles. The van der Waals surface area contributed by atoms with E-state index in [2.05, 4.69) is 0 Å². The second kappa shape index (κ2) is 11.7. The zero-order valence-corrected chi connectivity index (χ0v) is 24.0. The first-order valence-corrected chi connectivity index (χ1v) is 13.6. The minimum absolute atomic E-state index is 0.112. The summed E-state index contributed by atoms with van der Waals surface area (Å²) in [5.74, 6) is -0.594. The summed E-state index contributed by atoms with van der Waals surface area (Å²) < 4.78 is 13.8. The Morgan fingerprint density at radius 2 is 1.97 bits per heavy atom. The Morgan fingerprint density at radius 1 is 1.29 bits per heavy atom. The Hall–Kier alpha value is -3.12. The van der Waals surface area contributed by atoms with Crippen molar-refractivity contribution < 1.29 is 24.2 Å². The first kappa shape index (κ1) is 29.4. The Morgan fingerprint density at radius 3 is 2.50 bits per heavy atom. The second-order valence-electron chi connectivity index (χ2n) is 10.5. The molecule has 1 aliphatic rings. The summed E-state index contributed by atoms with van der Waals surface area (Å²) in [5, 5.41) is 12.5. The Kier molecular flexibility index (Phi) is 9.09. The van der Waals surface area contributed by atoms with Crippen LogP contribution in [0.2, 0.25) is 0 Å². The summed E-state index contributed by atoms with van der Waals surface area (Å²) in [5.41, 5.74) is -1.15. The number of carboxylic acid groups (broad SMARTS) is 1. The maximum atomic E-state index is 13.5. The van der Waals surface area contributed by atoms with Gasteiger partial charge in [0, 0.05) is 23.6 Å². The first-order chi connectivity index (χ1) is 17.8. The normalized spacial score (nSPS) is 16.1. The summed E-state index contributed by atoms with van der Waals surface area (Å²) in [4.78, 5) is 53.6. The van der Waals surface area contributed by atoms with Gasteiger partial charge in [-0.05, 0) is 66.9 Å². The van der Waals surface area contributed by atoms with Crippen LogP contribution in [0.5, 0.6) is 0 Å². The molecule has 3 rings (SSSR count). The van der Waals surface area contributed by atoms with E-state index in [-0.39, 0.29) is 18.7 Å². The summed E-state index contributed by atoms with van der Waals surface area (Å²) in [7, 11) is 0. The van der Waals surface area contributed by atoms with Crippen molar-refractivity contribution in [3.8, 4) is 0 Å². The summed E-state index contributed by atoms with van der Waals surface area (Å²) in [6, 6.07) is -0.358. The van der Waals surface area contributed by atoms with Gasteiger partial charge < -0.3 is 14.6 Å². The maximum absolute atomic E-state index is 13.5. The van der Waals surface area contributed by atoms with Crippen LogP contribution in [0.1, 0.15) is 70.9 Å². The van der Waals surface area contributed by atoms with Crippen LogP contribution in [0.4, 0.5) is 4.79 Å². The molecule has 0 saturated carbocycles. The molecule has 1 fully saturated rings. The van der Waals surface area contributed by atoms with Crippen LogP contribution in [-0.4, -0.2) is 61.1 Å². The highest BCUT2D eigenvalue weighted by Gasteiger charge is 2.35. The number of aryl methyl sites for hydroxylation is 1. The maximum Gasteiger partial charge on any atom is 0.426 e. The molecule has 2 amide bonds. The van der Waals surface area contributed by atoms with Crippen molar-refractivity contribution in [1.29, 1.82) is 0 Å². The van der Waals surface area contributed by atoms with Gasteiger partial charge in [0.25, 0.3) is 11.5 Å². The fourth-order valence-electron chi connectivity index (χ4n) is 4.59. The molecule has 1 N–H and O–H groups in total. The molecule has 2 aromatic heterocycles. The van der Waals surface area contributed by atoms with E-state index in [0.717, 1.165) is 22.9 Å². The molecular weight excluding hydrogens is 512 g/mol. The monoisotopic (exact) mass is 550 g/mol. The number of nitrogens with zero attached hydrogens (tertiary/aromatic N) is 4. The average Bonchev–Trinajstić information content (AvgIpc) is 3.43. The molecule has 0 radical (unpaired) electrons. The number of hydrogen-bond acceptors (Lipinski definition) is 7.